The first-order valence-electron chi connectivity index (χ1n) is 19.8. The number of hydrogen-bond acceptors (Lipinski definition) is 13. The molecule has 2 saturated heterocycles. The highest BCUT2D eigenvalue weighted by Crippen LogP contribution is 2.45. The monoisotopic (exact) mass is 766 g/mol. The topological polar surface area (TPSA) is 192 Å². The van der Waals surface area contributed by atoms with E-state index in [1.54, 1.807) is 27.7 Å². The van der Waals surface area contributed by atoms with Gasteiger partial charge in [-0.1, -0.05) is 48.5 Å². The fourth-order valence-corrected chi connectivity index (χ4v) is 8.02. The molecule has 1 spiro atoms. The van der Waals surface area contributed by atoms with Gasteiger partial charge in [-0.15, -0.1) is 0 Å². The van der Waals surface area contributed by atoms with Crippen molar-refractivity contribution < 1.29 is 63.0 Å². The highest BCUT2D eigenvalue weighted by molar-refractivity contribution is 6.12. The molecule has 3 rings (SSSR count). The summed E-state index contributed by atoms with van der Waals surface area (Å²) in [5.74, 6) is -4.07. The van der Waals surface area contributed by atoms with Crippen molar-refractivity contribution in [2.24, 2.45) is 35.5 Å². The smallest absolute Gasteiger partial charge is 0.345 e. The third kappa shape index (κ3) is 11.7. The van der Waals surface area contributed by atoms with E-state index in [1.165, 1.54) is 14.0 Å². The third-order valence-corrected chi connectivity index (χ3v) is 12.1. The molecule has 13 atom stereocenters. The molecule has 13 heteroatoms. The molecule has 0 unspecified atom stereocenters. The molecule has 0 aromatic heterocycles. The first-order valence-corrected chi connectivity index (χ1v) is 19.8. The minimum atomic E-state index is -1.63. The van der Waals surface area contributed by atoms with Crippen LogP contribution < -0.4 is 0 Å². The number of carbonyl (C=O) groups excluding carboxylic acids is 5. The van der Waals surface area contributed by atoms with Gasteiger partial charge >= 0.3 is 17.9 Å². The van der Waals surface area contributed by atoms with Crippen LogP contribution in [0.4, 0.5) is 0 Å². The van der Waals surface area contributed by atoms with E-state index in [1.807, 2.05) is 6.92 Å². The first kappa shape index (κ1) is 45.8. The van der Waals surface area contributed by atoms with E-state index in [4.69, 9.17) is 18.9 Å². The molecule has 54 heavy (non-hydrogen) atoms. The number of ketones is 2. The van der Waals surface area contributed by atoms with E-state index < -0.39 is 66.6 Å². The number of ether oxygens (including phenoxy) is 5. The Labute approximate surface area is 320 Å². The van der Waals surface area contributed by atoms with Gasteiger partial charge in [0.2, 0.25) is 0 Å². The second-order valence-corrected chi connectivity index (χ2v) is 16.8. The molecule has 3 N–H and O–H groups in total. The third-order valence-electron chi connectivity index (χ3n) is 12.1. The number of aliphatic hydroxyl groups is 3. The molecule has 0 aromatic rings. The van der Waals surface area contributed by atoms with Gasteiger partial charge in [0.05, 0.1) is 42.5 Å². The summed E-state index contributed by atoms with van der Waals surface area (Å²) in [7, 11) is 1.32. The molecule has 0 radical (unpaired) electrons. The molecule has 3 aliphatic heterocycles. The van der Waals surface area contributed by atoms with Gasteiger partial charge in [-0.25, -0.2) is 9.59 Å². The number of aliphatic hydroxyl groups excluding tert-OH is 3. The van der Waals surface area contributed by atoms with E-state index >= 15 is 0 Å². The lowest BCUT2D eigenvalue weighted by atomic mass is 9.79. The van der Waals surface area contributed by atoms with Crippen LogP contribution in [0, 0.1) is 35.5 Å². The number of cyclic esters (lactones) is 2. The number of hydrogen-bond donors (Lipinski definition) is 3. The highest BCUT2D eigenvalue weighted by Gasteiger charge is 2.48. The van der Waals surface area contributed by atoms with E-state index in [0.717, 1.165) is 38.5 Å². The van der Waals surface area contributed by atoms with Crippen LogP contribution in [-0.4, -0.2) is 100 Å². The Bertz CT molecular complexity index is 1350. The van der Waals surface area contributed by atoms with Crippen LogP contribution in [-0.2, 0) is 47.7 Å². The van der Waals surface area contributed by atoms with Crippen molar-refractivity contribution >= 4 is 29.5 Å². The van der Waals surface area contributed by atoms with Crippen LogP contribution in [0.3, 0.4) is 0 Å². The van der Waals surface area contributed by atoms with Gasteiger partial charge in [-0.3, -0.25) is 14.4 Å². The largest absolute Gasteiger partial charge is 0.459 e. The van der Waals surface area contributed by atoms with Gasteiger partial charge in [-0.2, -0.15) is 0 Å². The fourth-order valence-electron chi connectivity index (χ4n) is 8.02. The maximum absolute atomic E-state index is 13.3. The van der Waals surface area contributed by atoms with Gasteiger partial charge in [0, 0.05) is 43.8 Å². The Morgan fingerprint density at radius 1 is 0.852 bits per heavy atom. The van der Waals surface area contributed by atoms with Crippen molar-refractivity contribution in [3.63, 3.8) is 0 Å². The Balaban J connectivity index is 1.54. The zero-order valence-corrected chi connectivity index (χ0v) is 34.0. The van der Waals surface area contributed by atoms with Gasteiger partial charge in [-0.05, 0) is 76.0 Å². The summed E-state index contributed by atoms with van der Waals surface area (Å²) >= 11 is 0. The molecule has 3 aliphatic rings. The second-order valence-electron chi connectivity index (χ2n) is 16.8. The summed E-state index contributed by atoms with van der Waals surface area (Å²) in [6.07, 6.45) is -1.03. The van der Waals surface area contributed by atoms with Crippen molar-refractivity contribution in [1.82, 2.24) is 0 Å². The number of methoxy groups -OCH3 is 1. The lowest BCUT2D eigenvalue weighted by Crippen LogP contribution is -2.53. The predicted octanol–water partition coefficient (Wildman–Crippen LogP) is 4.79. The molecule has 0 bridgehead atoms. The molecule has 2 fully saturated rings. The van der Waals surface area contributed by atoms with Crippen molar-refractivity contribution in [1.29, 1.82) is 0 Å². The average molecular weight is 767 g/mol. The number of carbonyl (C=O) groups is 5. The molecular formula is C41H66O13. The number of Topliss-reactive ketones (excluding diaryl/α,β-unsaturated/α-hetero) is 2. The summed E-state index contributed by atoms with van der Waals surface area (Å²) in [5.41, 5.74) is -0.403. The lowest BCUT2D eigenvalue weighted by Gasteiger charge is -2.51. The molecule has 13 nitrogen and oxygen atoms in total. The summed E-state index contributed by atoms with van der Waals surface area (Å²) < 4.78 is 29.1. The predicted molar refractivity (Wildman–Crippen MR) is 197 cm³/mol. The minimum Gasteiger partial charge on any atom is -0.459 e. The maximum Gasteiger partial charge on any atom is 0.345 e. The standard InChI is InChI=1S/C41H66O13/c1-21(2)36(51-34(47)20-31(45)35-27(8)39(48)52-40(35)49)38(50-10)32(46)19-30(44)26(7)29(43)13-11-24(5)37-25(6)16-18-41(54-37)17-15-23(4)33(53-41)14-12-22(3)28(9)42/h21-26,29,31-33,36-38,43,45-46H,11-20H2,1-10H3/t22-,23-,24-,25+,26+,29+,31-,32-,33+,36-,37+,38-,41-/m1/s1. The highest BCUT2D eigenvalue weighted by atomic mass is 16.7. The van der Waals surface area contributed by atoms with E-state index in [-0.39, 0.29) is 65.0 Å². The van der Waals surface area contributed by atoms with Gasteiger partial charge < -0.3 is 39.0 Å². The fraction of sp³-hybridized carbons (Fsp3) is 0.829. The van der Waals surface area contributed by atoms with Gasteiger partial charge in [0.1, 0.15) is 23.8 Å². The summed E-state index contributed by atoms with van der Waals surface area (Å²) in [6, 6.07) is 0. The average Bonchev–Trinajstić information content (AvgIpc) is 3.37. The molecule has 308 valence electrons. The minimum absolute atomic E-state index is 0.00210. The van der Waals surface area contributed by atoms with Crippen molar-refractivity contribution in [2.75, 3.05) is 7.11 Å². The molecule has 0 saturated carbocycles. The Morgan fingerprint density at radius 3 is 2.04 bits per heavy atom. The van der Waals surface area contributed by atoms with Crippen molar-refractivity contribution in [2.45, 2.75) is 175 Å². The van der Waals surface area contributed by atoms with E-state index in [2.05, 4.69) is 25.5 Å². The van der Waals surface area contributed by atoms with Crippen molar-refractivity contribution in [3.05, 3.63) is 11.1 Å². The quantitative estimate of drug-likeness (QED) is 0.113. The van der Waals surface area contributed by atoms with Crippen molar-refractivity contribution in [3.8, 4) is 0 Å². The SMILES string of the molecule is CO[C@H]([C@H](O)CC(=O)[C@@H](C)[C@@H](O)CC[C@@H](C)[C@@H]1O[C@]2(CC[C@@H](C)[C@H](CC[C@@H](C)C(C)=O)O2)CC[C@@H]1C)[C@H](OC(=O)C[C@@H](O)C1=C(C)C(=O)OC1=O)C(C)C. The maximum atomic E-state index is 13.3. The first-order chi connectivity index (χ1) is 25.2. The van der Waals surface area contributed by atoms with Crippen LogP contribution in [0.2, 0.25) is 0 Å². The normalized spacial score (nSPS) is 29.3. The van der Waals surface area contributed by atoms with E-state index in [9.17, 15) is 39.3 Å². The molecule has 0 aliphatic carbocycles. The van der Waals surface area contributed by atoms with Crippen LogP contribution in [0.15, 0.2) is 11.1 Å². The molecule has 0 aromatic carbocycles. The van der Waals surface area contributed by atoms with E-state index in [0.29, 0.717) is 18.8 Å². The second kappa shape index (κ2) is 20.0. The van der Waals surface area contributed by atoms with Gasteiger partial charge in [0.25, 0.3) is 0 Å². The summed E-state index contributed by atoms with van der Waals surface area (Å²) in [4.78, 5) is 61.6. The number of esters is 3. The lowest BCUT2D eigenvalue weighted by molar-refractivity contribution is -0.338. The van der Waals surface area contributed by atoms with Crippen LogP contribution in [0.5, 0.6) is 0 Å². The zero-order chi connectivity index (χ0) is 40.7. The zero-order valence-electron chi connectivity index (χ0n) is 34.0. The number of rotatable bonds is 20. The van der Waals surface area contributed by atoms with Crippen LogP contribution >= 0.6 is 0 Å². The molecule has 3 heterocycles. The summed E-state index contributed by atoms with van der Waals surface area (Å²) in [6.45, 7) is 16.5. The molecule has 0 amide bonds. The van der Waals surface area contributed by atoms with Gasteiger partial charge in [0.15, 0.2) is 5.79 Å². The Kier molecular flexibility index (Phi) is 17.0. The Morgan fingerprint density at radius 2 is 1.48 bits per heavy atom. The van der Waals surface area contributed by atoms with Crippen LogP contribution in [0.25, 0.3) is 0 Å². The summed E-state index contributed by atoms with van der Waals surface area (Å²) in [5, 5.41) is 32.7. The van der Waals surface area contributed by atoms with Crippen LogP contribution in [0.1, 0.15) is 127 Å². The Hall–Kier alpha value is -2.55. The molecular weight excluding hydrogens is 700 g/mol.